The summed E-state index contributed by atoms with van der Waals surface area (Å²) in [6.45, 7) is 0.784. The SMILES string of the molecule is O=C(CCC1CCCO1)NC(C(=O)O)C1CCCCC1. The van der Waals surface area contributed by atoms with Gasteiger partial charge in [0, 0.05) is 13.0 Å². The molecule has 0 aromatic carbocycles. The van der Waals surface area contributed by atoms with Gasteiger partial charge in [-0.3, -0.25) is 4.79 Å². The first-order chi connectivity index (χ1) is 9.66. The Balaban J connectivity index is 1.77. The van der Waals surface area contributed by atoms with E-state index >= 15 is 0 Å². The highest BCUT2D eigenvalue weighted by Crippen LogP contribution is 2.27. The highest BCUT2D eigenvalue weighted by atomic mass is 16.5. The third kappa shape index (κ3) is 4.47. The van der Waals surface area contributed by atoms with Crippen LogP contribution in [0.2, 0.25) is 0 Å². The quantitative estimate of drug-likeness (QED) is 0.782. The van der Waals surface area contributed by atoms with Crippen molar-refractivity contribution in [3.05, 3.63) is 0 Å². The number of carbonyl (C=O) groups excluding carboxylic acids is 1. The predicted octanol–water partition coefficient (Wildman–Crippen LogP) is 2.10. The second-order valence-electron chi connectivity index (χ2n) is 5.96. The molecule has 2 rings (SSSR count). The fourth-order valence-corrected chi connectivity index (χ4v) is 3.26. The normalized spacial score (nSPS) is 25.3. The maximum absolute atomic E-state index is 11.9. The minimum absolute atomic E-state index is 0.0907. The van der Waals surface area contributed by atoms with Crippen molar-refractivity contribution in [1.29, 1.82) is 0 Å². The number of hydrogen-bond acceptors (Lipinski definition) is 3. The van der Waals surface area contributed by atoms with Gasteiger partial charge in [-0.05, 0) is 38.0 Å². The second kappa shape index (κ2) is 7.62. The Kier molecular flexibility index (Phi) is 5.83. The maximum atomic E-state index is 11.9. The summed E-state index contributed by atoms with van der Waals surface area (Å²) >= 11 is 0. The van der Waals surface area contributed by atoms with Crippen LogP contribution in [0.1, 0.15) is 57.8 Å². The van der Waals surface area contributed by atoms with Crippen LogP contribution in [0.25, 0.3) is 0 Å². The molecule has 1 saturated heterocycles. The minimum Gasteiger partial charge on any atom is -0.480 e. The van der Waals surface area contributed by atoms with Crippen molar-refractivity contribution in [1.82, 2.24) is 5.32 Å². The molecule has 0 spiro atoms. The Bertz CT molecular complexity index is 333. The number of rotatable bonds is 6. The molecule has 2 aliphatic rings. The van der Waals surface area contributed by atoms with Gasteiger partial charge in [0.1, 0.15) is 6.04 Å². The number of carbonyl (C=O) groups is 2. The van der Waals surface area contributed by atoms with Crippen LogP contribution < -0.4 is 5.32 Å². The van der Waals surface area contributed by atoms with Gasteiger partial charge in [-0.15, -0.1) is 0 Å². The highest BCUT2D eigenvalue weighted by molar-refractivity contribution is 5.83. The Morgan fingerprint density at radius 1 is 1.15 bits per heavy atom. The molecule has 1 saturated carbocycles. The molecular weight excluding hydrogens is 258 g/mol. The molecule has 2 fully saturated rings. The molecule has 1 aliphatic heterocycles. The monoisotopic (exact) mass is 283 g/mol. The molecule has 0 radical (unpaired) electrons. The molecule has 0 bridgehead atoms. The van der Waals surface area contributed by atoms with E-state index in [0.717, 1.165) is 45.1 Å². The van der Waals surface area contributed by atoms with Crippen LogP contribution in [0.4, 0.5) is 0 Å². The zero-order chi connectivity index (χ0) is 14.4. The topological polar surface area (TPSA) is 75.6 Å². The van der Waals surface area contributed by atoms with Gasteiger partial charge in [-0.1, -0.05) is 19.3 Å². The van der Waals surface area contributed by atoms with Gasteiger partial charge in [-0.25, -0.2) is 4.79 Å². The van der Waals surface area contributed by atoms with Gasteiger partial charge in [0.2, 0.25) is 5.91 Å². The summed E-state index contributed by atoms with van der Waals surface area (Å²) in [7, 11) is 0. The zero-order valence-electron chi connectivity index (χ0n) is 12.0. The third-order valence-corrected chi connectivity index (χ3v) is 4.42. The van der Waals surface area contributed by atoms with E-state index in [1.165, 1.54) is 6.42 Å². The van der Waals surface area contributed by atoms with Gasteiger partial charge in [0.25, 0.3) is 0 Å². The molecule has 20 heavy (non-hydrogen) atoms. The van der Waals surface area contributed by atoms with Crippen molar-refractivity contribution in [3.63, 3.8) is 0 Å². The highest BCUT2D eigenvalue weighted by Gasteiger charge is 2.30. The molecule has 5 heteroatoms. The molecular formula is C15H25NO4. The van der Waals surface area contributed by atoms with E-state index in [1.807, 2.05) is 0 Å². The fourth-order valence-electron chi connectivity index (χ4n) is 3.26. The average Bonchev–Trinajstić information content (AvgIpc) is 2.96. The summed E-state index contributed by atoms with van der Waals surface area (Å²) in [6, 6.07) is -0.715. The summed E-state index contributed by atoms with van der Waals surface area (Å²) in [5, 5.41) is 12.0. The van der Waals surface area contributed by atoms with Gasteiger partial charge in [-0.2, -0.15) is 0 Å². The predicted molar refractivity (Wildman–Crippen MR) is 74.3 cm³/mol. The van der Waals surface area contributed by atoms with Crippen LogP contribution >= 0.6 is 0 Å². The van der Waals surface area contributed by atoms with E-state index in [-0.39, 0.29) is 17.9 Å². The fraction of sp³-hybridized carbons (Fsp3) is 0.867. The molecule has 1 amide bonds. The Labute approximate surface area is 120 Å². The number of aliphatic carboxylic acids is 1. The van der Waals surface area contributed by atoms with Crippen LogP contribution in [0.3, 0.4) is 0 Å². The van der Waals surface area contributed by atoms with Crippen molar-refractivity contribution in [3.8, 4) is 0 Å². The number of carboxylic acids is 1. The molecule has 0 aromatic heterocycles. The van der Waals surface area contributed by atoms with E-state index in [9.17, 15) is 14.7 Å². The maximum Gasteiger partial charge on any atom is 0.326 e. The van der Waals surface area contributed by atoms with Gasteiger partial charge < -0.3 is 15.2 Å². The summed E-state index contributed by atoms with van der Waals surface area (Å²) in [5.74, 6) is -0.964. The Morgan fingerprint density at radius 3 is 2.50 bits per heavy atom. The van der Waals surface area contributed by atoms with E-state index < -0.39 is 12.0 Å². The van der Waals surface area contributed by atoms with Crippen molar-refractivity contribution in [2.24, 2.45) is 5.92 Å². The standard InChI is InChI=1S/C15H25NO4/c17-13(9-8-12-7-4-10-20-12)16-14(15(18)19)11-5-2-1-3-6-11/h11-12,14H,1-10H2,(H,16,17)(H,18,19). The minimum atomic E-state index is -0.901. The van der Waals surface area contributed by atoms with Crippen molar-refractivity contribution in [2.75, 3.05) is 6.61 Å². The van der Waals surface area contributed by atoms with Crippen molar-refractivity contribution >= 4 is 11.9 Å². The summed E-state index contributed by atoms with van der Waals surface area (Å²) in [4.78, 5) is 23.3. The number of hydrogen-bond donors (Lipinski definition) is 2. The van der Waals surface area contributed by atoms with Crippen LogP contribution in [0, 0.1) is 5.92 Å². The van der Waals surface area contributed by atoms with E-state index in [1.54, 1.807) is 0 Å². The lowest BCUT2D eigenvalue weighted by molar-refractivity contribution is -0.144. The van der Waals surface area contributed by atoms with Gasteiger partial charge in [0.15, 0.2) is 0 Å². The number of amides is 1. The summed E-state index contributed by atoms with van der Waals surface area (Å²) in [6.07, 6.45) is 8.44. The van der Waals surface area contributed by atoms with Crippen molar-refractivity contribution in [2.45, 2.75) is 69.9 Å². The van der Waals surface area contributed by atoms with E-state index in [4.69, 9.17) is 4.74 Å². The van der Waals surface area contributed by atoms with Crippen LogP contribution in [-0.2, 0) is 14.3 Å². The lowest BCUT2D eigenvalue weighted by Crippen LogP contribution is -2.46. The van der Waals surface area contributed by atoms with Crippen LogP contribution in [0.5, 0.6) is 0 Å². The molecule has 2 unspecified atom stereocenters. The average molecular weight is 283 g/mol. The molecule has 1 aliphatic carbocycles. The first-order valence-electron chi connectivity index (χ1n) is 7.80. The Hall–Kier alpha value is -1.10. The first kappa shape index (κ1) is 15.3. The smallest absolute Gasteiger partial charge is 0.326 e. The van der Waals surface area contributed by atoms with Crippen molar-refractivity contribution < 1.29 is 19.4 Å². The number of nitrogens with one attached hydrogen (secondary N) is 1. The van der Waals surface area contributed by atoms with Crippen LogP contribution in [0.15, 0.2) is 0 Å². The molecule has 1 heterocycles. The molecule has 114 valence electrons. The Morgan fingerprint density at radius 2 is 1.90 bits per heavy atom. The molecule has 2 N–H and O–H groups in total. The lowest BCUT2D eigenvalue weighted by atomic mass is 9.84. The molecule has 0 aromatic rings. The largest absolute Gasteiger partial charge is 0.480 e. The number of ether oxygens (including phenoxy) is 1. The lowest BCUT2D eigenvalue weighted by Gasteiger charge is -2.28. The van der Waals surface area contributed by atoms with Gasteiger partial charge >= 0.3 is 5.97 Å². The van der Waals surface area contributed by atoms with E-state index in [2.05, 4.69) is 5.32 Å². The van der Waals surface area contributed by atoms with Crippen LogP contribution in [-0.4, -0.2) is 35.7 Å². The summed E-state index contributed by atoms with van der Waals surface area (Å²) in [5.41, 5.74) is 0. The second-order valence-corrected chi connectivity index (χ2v) is 5.96. The summed E-state index contributed by atoms with van der Waals surface area (Å²) < 4.78 is 5.48. The van der Waals surface area contributed by atoms with Gasteiger partial charge in [0.05, 0.1) is 6.10 Å². The van der Waals surface area contributed by atoms with E-state index in [0.29, 0.717) is 12.8 Å². The zero-order valence-corrected chi connectivity index (χ0v) is 12.0. The number of carboxylic acid groups (broad SMARTS) is 1. The first-order valence-corrected chi connectivity index (χ1v) is 7.80. The third-order valence-electron chi connectivity index (χ3n) is 4.42. The molecule has 2 atom stereocenters. The molecule has 5 nitrogen and oxygen atoms in total.